The van der Waals surface area contributed by atoms with Crippen LogP contribution in [0.15, 0.2) is 66.7 Å². The van der Waals surface area contributed by atoms with E-state index >= 15 is 0 Å². The summed E-state index contributed by atoms with van der Waals surface area (Å²) in [6.45, 7) is 6.60. The lowest BCUT2D eigenvalue weighted by Crippen LogP contribution is -1.93. The van der Waals surface area contributed by atoms with E-state index in [4.69, 9.17) is 0 Å². The highest BCUT2D eigenvalue weighted by Crippen LogP contribution is 2.32. The van der Waals surface area contributed by atoms with E-state index in [1.807, 2.05) is 0 Å². The molecule has 0 saturated carbocycles. The molecule has 0 heterocycles. The average Bonchev–Trinajstić information content (AvgIpc) is 2.61. The third-order valence-corrected chi connectivity index (χ3v) is 4.73. The van der Waals surface area contributed by atoms with Crippen LogP contribution >= 0.6 is 0 Å². The van der Waals surface area contributed by atoms with Gasteiger partial charge in [-0.2, -0.15) is 0 Å². The molecule has 0 aliphatic rings. The molecule has 0 saturated heterocycles. The largest absolute Gasteiger partial charge is 0.0654 e. The highest BCUT2D eigenvalue weighted by molar-refractivity contribution is 5.75. The molecule has 122 valence electrons. The van der Waals surface area contributed by atoms with Crippen LogP contribution in [0, 0.1) is 13.8 Å². The minimum atomic E-state index is 1.14. The van der Waals surface area contributed by atoms with Gasteiger partial charge in [0, 0.05) is 0 Å². The highest BCUT2D eigenvalue weighted by Gasteiger charge is 2.09. The molecule has 0 unspecified atom stereocenters. The molecule has 3 aromatic rings. The van der Waals surface area contributed by atoms with E-state index in [0.717, 1.165) is 6.42 Å². The molecule has 0 atom stereocenters. The Bertz CT molecular complexity index is 810. The van der Waals surface area contributed by atoms with Gasteiger partial charge < -0.3 is 0 Å². The molecule has 0 aliphatic heterocycles. The summed E-state index contributed by atoms with van der Waals surface area (Å²) in [5, 5.41) is 0. The SMILES string of the molecule is CCCCc1cc(-c2ccc(C)cc2)ccc1-c1ccccc1C. The van der Waals surface area contributed by atoms with Crippen LogP contribution in [0.5, 0.6) is 0 Å². The minimum Gasteiger partial charge on any atom is -0.0654 e. The third-order valence-electron chi connectivity index (χ3n) is 4.73. The van der Waals surface area contributed by atoms with Gasteiger partial charge >= 0.3 is 0 Å². The van der Waals surface area contributed by atoms with Crippen molar-refractivity contribution in [3.63, 3.8) is 0 Å². The van der Waals surface area contributed by atoms with Gasteiger partial charge in [-0.25, -0.2) is 0 Å². The molecule has 3 aromatic carbocycles. The maximum atomic E-state index is 2.39. The second-order valence-electron chi connectivity index (χ2n) is 6.66. The highest BCUT2D eigenvalue weighted by atomic mass is 14.1. The van der Waals surface area contributed by atoms with Crippen molar-refractivity contribution in [2.24, 2.45) is 0 Å². The fourth-order valence-corrected chi connectivity index (χ4v) is 3.23. The quantitative estimate of drug-likeness (QED) is 0.476. The number of benzene rings is 3. The smallest absolute Gasteiger partial charge is 0.0149 e. The lowest BCUT2D eigenvalue weighted by atomic mass is 9.90. The second-order valence-corrected chi connectivity index (χ2v) is 6.66. The number of rotatable bonds is 5. The zero-order valence-corrected chi connectivity index (χ0v) is 15.0. The Morgan fingerprint density at radius 1 is 0.708 bits per heavy atom. The molecule has 0 aromatic heterocycles. The maximum Gasteiger partial charge on any atom is -0.0149 e. The van der Waals surface area contributed by atoms with Crippen molar-refractivity contribution in [2.75, 3.05) is 0 Å². The number of aryl methyl sites for hydroxylation is 3. The van der Waals surface area contributed by atoms with Gasteiger partial charge in [-0.1, -0.05) is 85.6 Å². The van der Waals surface area contributed by atoms with Crippen LogP contribution in [0.4, 0.5) is 0 Å². The molecule has 0 amide bonds. The molecule has 0 spiro atoms. The first-order valence-electron chi connectivity index (χ1n) is 8.95. The molecule has 0 bridgehead atoms. The zero-order chi connectivity index (χ0) is 16.9. The Morgan fingerprint density at radius 2 is 1.42 bits per heavy atom. The normalized spacial score (nSPS) is 10.8. The first-order valence-corrected chi connectivity index (χ1v) is 8.95. The fourth-order valence-electron chi connectivity index (χ4n) is 3.23. The molecule has 24 heavy (non-hydrogen) atoms. The predicted octanol–water partition coefficient (Wildman–Crippen LogP) is 6.98. The summed E-state index contributed by atoms with van der Waals surface area (Å²) in [5.74, 6) is 0. The summed E-state index contributed by atoms with van der Waals surface area (Å²) >= 11 is 0. The van der Waals surface area contributed by atoms with Crippen LogP contribution in [-0.4, -0.2) is 0 Å². The van der Waals surface area contributed by atoms with Crippen molar-refractivity contribution in [3.8, 4) is 22.3 Å². The van der Waals surface area contributed by atoms with Crippen molar-refractivity contribution < 1.29 is 0 Å². The summed E-state index contributed by atoms with van der Waals surface area (Å²) < 4.78 is 0. The Kier molecular flexibility index (Phi) is 5.15. The maximum absolute atomic E-state index is 2.39. The summed E-state index contributed by atoms with van der Waals surface area (Å²) in [6.07, 6.45) is 3.60. The second kappa shape index (κ2) is 7.49. The van der Waals surface area contributed by atoms with Crippen molar-refractivity contribution in [3.05, 3.63) is 83.4 Å². The fraction of sp³-hybridized carbons (Fsp3) is 0.250. The summed E-state index contributed by atoms with van der Waals surface area (Å²) in [4.78, 5) is 0. The first-order chi connectivity index (χ1) is 11.7. The van der Waals surface area contributed by atoms with Crippen LogP contribution in [0.25, 0.3) is 22.3 Å². The average molecular weight is 314 g/mol. The van der Waals surface area contributed by atoms with Gasteiger partial charge in [0.2, 0.25) is 0 Å². The van der Waals surface area contributed by atoms with E-state index in [9.17, 15) is 0 Å². The molecular weight excluding hydrogens is 288 g/mol. The van der Waals surface area contributed by atoms with Gasteiger partial charge in [-0.3, -0.25) is 0 Å². The van der Waals surface area contributed by atoms with E-state index in [-0.39, 0.29) is 0 Å². The van der Waals surface area contributed by atoms with Gasteiger partial charge in [0.05, 0.1) is 0 Å². The van der Waals surface area contributed by atoms with Gasteiger partial charge in [0.1, 0.15) is 0 Å². The topological polar surface area (TPSA) is 0 Å². The van der Waals surface area contributed by atoms with Crippen molar-refractivity contribution in [2.45, 2.75) is 40.0 Å². The van der Waals surface area contributed by atoms with Crippen LogP contribution in [0.1, 0.15) is 36.5 Å². The summed E-state index contributed by atoms with van der Waals surface area (Å²) in [6, 6.07) is 24.5. The molecule has 0 aliphatic carbocycles. The molecule has 3 rings (SSSR count). The lowest BCUT2D eigenvalue weighted by molar-refractivity contribution is 0.796. The van der Waals surface area contributed by atoms with E-state index in [2.05, 4.69) is 87.5 Å². The van der Waals surface area contributed by atoms with E-state index in [0.29, 0.717) is 0 Å². The van der Waals surface area contributed by atoms with Gasteiger partial charge in [-0.15, -0.1) is 0 Å². The number of unbranched alkanes of at least 4 members (excludes halogenated alkanes) is 1. The zero-order valence-electron chi connectivity index (χ0n) is 15.0. The molecule has 0 N–H and O–H groups in total. The lowest BCUT2D eigenvalue weighted by Gasteiger charge is -2.14. The molecule has 0 nitrogen and oxygen atoms in total. The van der Waals surface area contributed by atoms with Crippen molar-refractivity contribution in [1.29, 1.82) is 0 Å². The Balaban J connectivity index is 2.07. The molecule has 0 heteroatoms. The first kappa shape index (κ1) is 16.5. The van der Waals surface area contributed by atoms with Crippen molar-refractivity contribution >= 4 is 0 Å². The minimum absolute atomic E-state index is 1.14. The molecule has 0 fully saturated rings. The third kappa shape index (κ3) is 3.59. The standard InChI is InChI=1S/C24H26/c1-4-5-9-22-17-21(20-13-11-18(2)12-14-20)15-16-24(22)23-10-7-6-8-19(23)3/h6-8,10-17H,4-5,9H2,1-3H3. The molecular formula is C24H26. The summed E-state index contributed by atoms with van der Waals surface area (Å²) in [5.41, 5.74) is 9.48. The van der Waals surface area contributed by atoms with Gasteiger partial charge in [-0.05, 0) is 60.1 Å². The molecule has 0 radical (unpaired) electrons. The predicted molar refractivity (Wildman–Crippen MR) is 105 cm³/mol. The number of hydrogen-bond acceptors (Lipinski definition) is 0. The van der Waals surface area contributed by atoms with Crippen molar-refractivity contribution in [1.82, 2.24) is 0 Å². The Morgan fingerprint density at radius 3 is 2.12 bits per heavy atom. The Labute approximate surface area is 146 Å². The van der Waals surface area contributed by atoms with Crippen LogP contribution < -0.4 is 0 Å². The van der Waals surface area contributed by atoms with Crippen LogP contribution in [0.3, 0.4) is 0 Å². The monoisotopic (exact) mass is 314 g/mol. The van der Waals surface area contributed by atoms with E-state index in [1.165, 1.54) is 51.8 Å². The number of hydrogen-bond donors (Lipinski definition) is 0. The van der Waals surface area contributed by atoms with Crippen LogP contribution in [0.2, 0.25) is 0 Å². The Hall–Kier alpha value is -2.34. The van der Waals surface area contributed by atoms with E-state index in [1.54, 1.807) is 0 Å². The van der Waals surface area contributed by atoms with Gasteiger partial charge in [0.25, 0.3) is 0 Å². The summed E-state index contributed by atoms with van der Waals surface area (Å²) in [7, 11) is 0. The van der Waals surface area contributed by atoms with E-state index < -0.39 is 0 Å². The van der Waals surface area contributed by atoms with Crippen LogP contribution in [-0.2, 0) is 6.42 Å². The van der Waals surface area contributed by atoms with Gasteiger partial charge in [0.15, 0.2) is 0 Å².